The topological polar surface area (TPSA) is 96.6 Å². The molecule has 3 N–H and O–H groups in total. The van der Waals surface area contributed by atoms with Crippen LogP contribution in [0.5, 0.6) is 0 Å². The average molecular weight is 361 g/mol. The molecule has 0 radical (unpaired) electrons. The van der Waals surface area contributed by atoms with Crippen LogP contribution in [-0.2, 0) is 0 Å². The molecule has 0 spiro atoms. The van der Waals surface area contributed by atoms with Gasteiger partial charge in [0.25, 0.3) is 0 Å². The van der Waals surface area contributed by atoms with E-state index in [-0.39, 0.29) is 0 Å². The van der Waals surface area contributed by atoms with E-state index >= 15 is 0 Å². The third-order valence-corrected chi connectivity index (χ3v) is 5.41. The lowest BCUT2D eigenvalue weighted by Crippen LogP contribution is -2.36. The van der Waals surface area contributed by atoms with Gasteiger partial charge >= 0.3 is 0 Å². The number of hydrogen-bond acceptors (Lipinski definition) is 6. The van der Waals surface area contributed by atoms with Gasteiger partial charge in [0.2, 0.25) is 11.9 Å². The van der Waals surface area contributed by atoms with Gasteiger partial charge in [0, 0.05) is 36.2 Å². The molecule has 2 aliphatic rings. The van der Waals surface area contributed by atoms with E-state index in [0.717, 1.165) is 61.8 Å². The molecule has 7 nitrogen and oxygen atoms in total. The molecule has 0 amide bonds. The summed E-state index contributed by atoms with van der Waals surface area (Å²) in [5, 5.41) is 7.76. The Labute approximate surface area is 158 Å². The molecule has 7 heteroatoms. The first-order valence-electron chi connectivity index (χ1n) is 9.63. The predicted molar refractivity (Wildman–Crippen MR) is 104 cm³/mol. The minimum absolute atomic E-state index is 0.330. The van der Waals surface area contributed by atoms with Gasteiger partial charge in [-0.2, -0.15) is 20.1 Å². The molecule has 2 aromatic heterocycles. The molecule has 1 saturated carbocycles. The number of H-pyrrole nitrogens is 1. The summed E-state index contributed by atoms with van der Waals surface area (Å²) in [5.74, 6) is 2.75. The number of nitrogen functional groups attached to an aromatic ring is 1. The van der Waals surface area contributed by atoms with Crippen molar-refractivity contribution >= 4 is 11.9 Å². The number of hydrogen-bond donors (Lipinski definition) is 2. The van der Waals surface area contributed by atoms with Gasteiger partial charge < -0.3 is 10.6 Å². The van der Waals surface area contributed by atoms with Gasteiger partial charge in [-0.15, -0.1) is 0 Å². The van der Waals surface area contributed by atoms with E-state index in [2.05, 4.69) is 43.3 Å². The van der Waals surface area contributed by atoms with E-state index < -0.39 is 0 Å². The van der Waals surface area contributed by atoms with Crippen molar-refractivity contribution < 1.29 is 0 Å². The van der Waals surface area contributed by atoms with E-state index in [1.165, 1.54) is 5.69 Å². The maximum Gasteiger partial charge on any atom is 0.230 e. The van der Waals surface area contributed by atoms with Crippen LogP contribution in [0.4, 0.5) is 11.9 Å². The van der Waals surface area contributed by atoms with E-state index in [0.29, 0.717) is 17.8 Å². The highest BCUT2D eigenvalue weighted by Crippen LogP contribution is 2.39. The largest absolute Gasteiger partial charge is 0.368 e. The Morgan fingerprint density at radius 1 is 1.00 bits per heavy atom. The van der Waals surface area contributed by atoms with Crippen LogP contribution < -0.4 is 10.6 Å². The van der Waals surface area contributed by atoms with Crippen molar-refractivity contribution in [1.82, 2.24) is 25.1 Å². The van der Waals surface area contributed by atoms with Crippen LogP contribution in [0.1, 0.15) is 49.0 Å². The normalized spacial score (nSPS) is 20.0. The standard InChI is InChI=1S/C20H23N7/c21-19-22-18(14-8-9-14)23-20(24-19)27-10-4-7-15(12-27)17-11-16(25-26-17)13-5-2-1-3-6-13/h1-3,5-6,11,14-15H,4,7-10,12H2,(H,25,26)(H2,21,22,23,24). The number of rotatable bonds is 4. The maximum atomic E-state index is 5.94. The van der Waals surface area contributed by atoms with Crippen LogP contribution in [0.25, 0.3) is 11.3 Å². The molecule has 3 heterocycles. The van der Waals surface area contributed by atoms with Gasteiger partial charge in [-0.1, -0.05) is 30.3 Å². The molecule has 1 unspecified atom stereocenters. The van der Waals surface area contributed by atoms with Crippen molar-refractivity contribution in [3.05, 3.63) is 47.9 Å². The summed E-state index contributed by atoms with van der Waals surface area (Å²) in [5.41, 5.74) is 9.23. The van der Waals surface area contributed by atoms with Crippen molar-refractivity contribution in [3.63, 3.8) is 0 Å². The second-order valence-electron chi connectivity index (χ2n) is 7.49. The predicted octanol–water partition coefficient (Wildman–Crippen LogP) is 3.11. The summed E-state index contributed by atoms with van der Waals surface area (Å²) in [4.78, 5) is 15.7. The first-order chi connectivity index (χ1) is 13.3. The Bertz CT molecular complexity index is 933. The van der Waals surface area contributed by atoms with Gasteiger partial charge in [-0.3, -0.25) is 5.10 Å². The molecule has 1 aliphatic carbocycles. The molecule has 138 valence electrons. The zero-order valence-electron chi connectivity index (χ0n) is 15.2. The molecule has 0 bridgehead atoms. The van der Waals surface area contributed by atoms with Crippen LogP contribution in [0, 0.1) is 0 Å². The summed E-state index contributed by atoms with van der Waals surface area (Å²) in [6.07, 6.45) is 4.53. The highest BCUT2D eigenvalue weighted by molar-refractivity contribution is 5.59. The highest BCUT2D eigenvalue weighted by Gasteiger charge is 2.30. The van der Waals surface area contributed by atoms with Crippen molar-refractivity contribution in [1.29, 1.82) is 0 Å². The van der Waals surface area contributed by atoms with E-state index in [9.17, 15) is 0 Å². The monoisotopic (exact) mass is 361 g/mol. The molecule has 5 rings (SSSR count). The Kier molecular flexibility index (Phi) is 3.99. The second kappa shape index (κ2) is 6.64. The number of aromatic nitrogens is 5. The molecule has 3 aromatic rings. The molecule has 2 fully saturated rings. The molecule has 27 heavy (non-hydrogen) atoms. The van der Waals surface area contributed by atoms with Crippen molar-refractivity contribution in [2.75, 3.05) is 23.7 Å². The summed E-state index contributed by atoms with van der Waals surface area (Å²) >= 11 is 0. The van der Waals surface area contributed by atoms with Crippen molar-refractivity contribution in [3.8, 4) is 11.3 Å². The summed E-state index contributed by atoms with van der Waals surface area (Å²) in [7, 11) is 0. The van der Waals surface area contributed by atoms with Crippen LogP contribution in [-0.4, -0.2) is 38.2 Å². The third kappa shape index (κ3) is 3.37. The summed E-state index contributed by atoms with van der Waals surface area (Å²) < 4.78 is 0. The Morgan fingerprint density at radius 3 is 2.67 bits per heavy atom. The van der Waals surface area contributed by atoms with Gasteiger partial charge in [0.15, 0.2) is 0 Å². The number of benzene rings is 1. The molecule has 1 atom stereocenters. The van der Waals surface area contributed by atoms with Gasteiger partial charge in [-0.25, -0.2) is 0 Å². The number of nitrogens with zero attached hydrogens (tertiary/aromatic N) is 5. The van der Waals surface area contributed by atoms with Crippen LogP contribution >= 0.6 is 0 Å². The Morgan fingerprint density at radius 2 is 1.85 bits per heavy atom. The lowest BCUT2D eigenvalue weighted by Gasteiger charge is -2.32. The molecular weight excluding hydrogens is 338 g/mol. The number of nitrogens with two attached hydrogens (primary N) is 1. The quantitative estimate of drug-likeness (QED) is 0.741. The fourth-order valence-corrected chi connectivity index (χ4v) is 3.78. The molecule has 1 saturated heterocycles. The SMILES string of the molecule is Nc1nc(C2CC2)nc(N2CCCC(c3cc(-c4ccccc4)n[nH]3)C2)n1. The maximum absolute atomic E-state index is 5.94. The van der Waals surface area contributed by atoms with E-state index in [1.807, 2.05) is 18.2 Å². The zero-order valence-corrected chi connectivity index (χ0v) is 15.2. The lowest BCUT2D eigenvalue weighted by atomic mass is 9.94. The van der Waals surface area contributed by atoms with Crippen LogP contribution in [0.15, 0.2) is 36.4 Å². The second-order valence-corrected chi connectivity index (χ2v) is 7.49. The molecule has 1 aromatic carbocycles. The number of piperidine rings is 1. The lowest BCUT2D eigenvalue weighted by molar-refractivity contribution is 0.493. The summed E-state index contributed by atoms with van der Waals surface area (Å²) in [6.45, 7) is 1.81. The number of aromatic amines is 1. The van der Waals surface area contributed by atoms with Crippen LogP contribution in [0.2, 0.25) is 0 Å². The Hall–Kier alpha value is -2.96. The number of anilines is 2. The molecule has 1 aliphatic heterocycles. The zero-order chi connectivity index (χ0) is 18.2. The van der Waals surface area contributed by atoms with Crippen molar-refractivity contribution in [2.45, 2.75) is 37.5 Å². The molecular formula is C20H23N7. The van der Waals surface area contributed by atoms with Gasteiger partial charge in [0.05, 0.1) is 5.69 Å². The van der Waals surface area contributed by atoms with E-state index in [4.69, 9.17) is 10.7 Å². The first kappa shape index (κ1) is 16.2. The van der Waals surface area contributed by atoms with Gasteiger partial charge in [-0.05, 0) is 31.7 Å². The minimum atomic E-state index is 0.330. The van der Waals surface area contributed by atoms with Gasteiger partial charge in [0.1, 0.15) is 5.82 Å². The fraction of sp³-hybridized carbons (Fsp3) is 0.400. The van der Waals surface area contributed by atoms with Crippen molar-refractivity contribution in [2.24, 2.45) is 0 Å². The third-order valence-electron chi connectivity index (χ3n) is 5.41. The minimum Gasteiger partial charge on any atom is -0.368 e. The summed E-state index contributed by atoms with van der Waals surface area (Å²) in [6, 6.07) is 12.4. The fourth-order valence-electron chi connectivity index (χ4n) is 3.78. The highest BCUT2D eigenvalue weighted by atomic mass is 15.3. The average Bonchev–Trinajstić information content (AvgIpc) is 3.45. The Balaban J connectivity index is 1.36. The van der Waals surface area contributed by atoms with E-state index in [1.54, 1.807) is 0 Å². The first-order valence-corrected chi connectivity index (χ1v) is 9.63. The number of nitrogens with one attached hydrogen (secondary N) is 1. The smallest absolute Gasteiger partial charge is 0.230 e. The van der Waals surface area contributed by atoms with Crippen LogP contribution in [0.3, 0.4) is 0 Å².